The van der Waals surface area contributed by atoms with E-state index in [2.05, 4.69) is 10.6 Å². The zero-order valence-electron chi connectivity index (χ0n) is 15.9. The molecule has 0 spiro atoms. The Morgan fingerprint density at radius 3 is 2.50 bits per heavy atom. The van der Waals surface area contributed by atoms with Crippen LogP contribution in [0.25, 0.3) is 0 Å². The number of carbonyl (C=O) groups is 3. The maximum absolute atomic E-state index is 11.9. The predicted molar refractivity (Wildman–Crippen MR) is 109 cm³/mol. The minimum atomic E-state index is -0.522. The Morgan fingerprint density at radius 2 is 1.75 bits per heavy atom. The summed E-state index contributed by atoms with van der Waals surface area (Å²) in [7, 11) is 0. The minimum Gasteiger partial charge on any atom is -0.456 e. The number of hydrogen-bond acceptors (Lipinski definition) is 4. The fourth-order valence-corrected chi connectivity index (χ4v) is 2.65. The second kappa shape index (κ2) is 10.5. The van der Waals surface area contributed by atoms with Gasteiger partial charge in [0.2, 0.25) is 5.91 Å². The van der Waals surface area contributed by atoms with E-state index in [4.69, 9.17) is 16.3 Å². The fraction of sp³-hybridized carbons (Fsp3) is 0.286. The molecule has 2 rings (SSSR count). The molecule has 148 valence electrons. The number of aryl methyl sites for hydroxylation is 2. The van der Waals surface area contributed by atoms with Crippen molar-refractivity contribution in [3.63, 3.8) is 0 Å². The number of ether oxygens (including phenoxy) is 1. The van der Waals surface area contributed by atoms with E-state index in [-0.39, 0.29) is 25.4 Å². The molecule has 0 aromatic heterocycles. The van der Waals surface area contributed by atoms with Gasteiger partial charge in [-0.2, -0.15) is 0 Å². The highest BCUT2D eigenvalue weighted by Crippen LogP contribution is 2.17. The number of benzene rings is 2. The van der Waals surface area contributed by atoms with Crippen molar-refractivity contribution in [1.82, 2.24) is 0 Å². The van der Waals surface area contributed by atoms with Crippen LogP contribution in [0.1, 0.15) is 30.4 Å². The van der Waals surface area contributed by atoms with Gasteiger partial charge in [-0.3, -0.25) is 14.4 Å². The largest absolute Gasteiger partial charge is 0.456 e. The molecule has 0 saturated heterocycles. The lowest BCUT2D eigenvalue weighted by molar-refractivity contribution is -0.147. The van der Waals surface area contributed by atoms with E-state index >= 15 is 0 Å². The Labute approximate surface area is 169 Å². The zero-order chi connectivity index (χ0) is 20.5. The highest BCUT2D eigenvalue weighted by atomic mass is 35.5. The van der Waals surface area contributed by atoms with Crippen LogP contribution in [0.2, 0.25) is 5.02 Å². The van der Waals surface area contributed by atoms with E-state index in [9.17, 15) is 14.4 Å². The molecule has 2 amide bonds. The van der Waals surface area contributed by atoms with Crippen molar-refractivity contribution < 1.29 is 19.1 Å². The molecule has 0 radical (unpaired) electrons. The molecule has 0 heterocycles. The lowest BCUT2D eigenvalue weighted by Gasteiger charge is -2.10. The molecule has 7 heteroatoms. The average Bonchev–Trinajstić information content (AvgIpc) is 2.63. The number of rotatable bonds is 8. The summed E-state index contributed by atoms with van der Waals surface area (Å²) in [6.07, 6.45) is 0.542. The Hall–Kier alpha value is -2.86. The lowest BCUT2D eigenvalue weighted by atomic mass is 10.1. The zero-order valence-corrected chi connectivity index (χ0v) is 16.6. The lowest BCUT2D eigenvalue weighted by Crippen LogP contribution is -2.21. The van der Waals surface area contributed by atoms with Crippen molar-refractivity contribution in [2.24, 2.45) is 0 Å². The molecule has 0 aliphatic carbocycles. The summed E-state index contributed by atoms with van der Waals surface area (Å²) in [5.41, 5.74) is 3.24. The van der Waals surface area contributed by atoms with Crippen LogP contribution in [0.5, 0.6) is 0 Å². The van der Waals surface area contributed by atoms with E-state index in [1.165, 1.54) is 0 Å². The van der Waals surface area contributed by atoms with Gasteiger partial charge >= 0.3 is 5.97 Å². The molecule has 0 saturated carbocycles. The van der Waals surface area contributed by atoms with E-state index < -0.39 is 11.9 Å². The average molecular weight is 403 g/mol. The summed E-state index contributed by atoms with van der Waals surface area (Å²) in [6.45, 7) is 3.45. The quantitative estimate of drug-likeness (QED) is 0.646. The molecular formula is C21H23ClN2O4. The Kier molecular flexibility index (Phi) is 8.02. The number of anilines is 2. The van der Waals surface area contributed by atoms with Crippen LogP contribution in [-0.2, 0) is 19.1 Å². The van der Waals surface area contributed by atoms with Gasteiger partial charge in [0.15, 0.2) is 6.61 Å². The molecule has 2 N–H and O–H groups in total. The summed E-state index contributed by atoms with van der Waals surface area (Å²) in [5.74, 6) is -1.14. The van der Waals surface area contributed by atoms with Crippen LogP contribution in [-0.4, -0.2) is 24.4 Å². The first kappa shape index (κ1) is 21.4. The fourth-order valence-electron chi connectivity index (χ4n) is 2.46. The minimum absolute atomic E-state index is 0.0553. The number of carbonyl (C=O) groups excluding carboxylic acids is 3. The normalized spacial score (nSPS) is 10.2. The van der Waals surface area contributed by atoms with E-state index in [0.29, 0.717) is 22.8 Å². The maximum Gasteiger partial charge on any atom is 0.306 e. The SMILES string of the molecule is Cc1ccc(C)c(NC(=O)COC(=O)CCCC(=O)Nc2cccc(Cl)c2)c1. The van der Waals surface area contributed by atoms with Crippen LogP contribution in [0.15, 0.2) is 42.5 Å². The van der Waals surface area contributed by atoms with Crippen LogP contribution >= 0.6 is 11.6 Å². The van der Waals surface area contributed by atoms with Gasteiger partial charge in [-0.05, 0) is 55.7 Å². The molecular weight excluding hydrogens is 380 g/mol. The van der Waals surface area contributed by atoms with E-state index in [1.807, 2.05) is 32.0 Å². The van der Waals surface area contributed by atoms with Crippen LogP contribution < -0.4 is 10.6 Å². The summed E-state index contributed by atoms with van der Waals surface area (Å²) in [4.78, 5) is 35.5. The van der Waals surface area contributed by atoms with Crippen molar-refractivity contribution >= 4 is 40.8 Å². The third-order valence-corrected chi connectivity index (χ3v) is 4.16. The van der Waals surface area contributed by atoms with Crippen molar-refractivity contribution in [1.29, 1.82) is 0 Å². The molecule has 28 heavy (non-hydrogen) atoms. The van der Waals surface area contributed by atoms with Crippen molar-refractivity contribution in [2.45, 2.75) is 33.1 Å². The molecule has 0 unspecified atom stereocenters. The number of hydrogen-bond donors (Lipinski definition) is 2. The molecule has 2 aromatic rings. The summed E-state index contributed by atoms with van der Waals surface area (Å²) in [5, 5.41) is 5.95. The first-order valence-corrected chi connectivity index (χ1v) is 9.29. The van der Waals surface area contributed by atoms with Gasteiger partial charge in [0, 0.05) is 29.2 Å². The summed E-state index contributed by atoms with van der Waals surface area (Å²) < 4.78 is 4.96. The van der Waals surface area contributed by atoms with E-state index in [1.54, 1.807) is 24.3 Å². The van der Waals surface area contributed by atoms with Crippen LogP contribution in [0.4, 0.5) is 11.4 Å². The van der Waals surface area contributed by atoms with Gasteiger partial charge in [0.05, 0.1) is 0 Å². The maximum atomic E-state index is 11.9. The molecule has 0 atom stereocenters. The highest BCUT2D eigenvalue weighted by Gasteiger charge is 2.10. The summed E-state index contributed by atoms with van der Waals surface area (Å²) >= 11 is 5.86. The second-order valence-electron chi connectivity index (χ2n) is 6.44. The Balaban J connectivity index is 1.66. The van der Waals surface area contributed by atoms with Gasteiger partial charge in [0.1, 0.15) is 0 Å². The van der Waals surface area contributed by atoms with Gasteiger partial charge in [0.25, 0.3) is 5.91 Å². The van der Waals surface area contributed by atoms with Crippen molar-refractivity contribution in [2.75, 3.05) is 17.2 Å². The van der Waals surface area contributed by atoms with Crippen molar-refractivity contribution in [3.8, 4) is 0 Å². The van der Waals surface area contributed by atoms with Crippen LogP contribution in [0, 0.1) is 13.8 Å². The van der Waals surface area contributed by atoms with Crippen LogP contribution in [0.3, 0.4) is 0 Å². The summed E-state index contributed by atoms with van der Waals surface area (Å²) in [6, 6.07) is 12.5. The van der Waals surface area contributed by atoms with Gasteiger partial charge in [-0.1, -0.05) is 29.8 Å². The topological polar surface area (TPSA) is 84.5 Å². The molecule has 0 bridgehead atoms. The molecule has 2 aromatic carbocycles. The van der Waals surface area contributed by atoms with Crippen molar-refractivity contribution in [3.05, 3.63) is 58.6 Å². The van der Waals surface area contributed by atoms with Gasteiger partial charge < -0.3 is 15.4 Å². The second-order valence-corrected chi connectivity index (χ2v) is 6.88. The highest BCUT2D eigenvalue weighted by molar-refractivity contribution is 6.30. The molecule has 0 aliphatic heterocycles. The third-order valence-electron chi connectivity index (χ3n) is 3.92. The number of esters is 1. The van der Waals surface area contributed by atoms with Gasteiger partial charge in [-0.25, -0.2) is 0 Å². The first-order valence-electron chi connectivity index (χ1n) is 8.91. The molecule has 6 nitrogen and oxygen atoms in total. The predicted octanol–water partition coefficient (Wildman–Crippen LogP) is 4.25. The first-order chi connectivity index (χ1) is 13.3. The molecule has 0 aliphatic rings. The number of amides is 2. The smallest absolute Gasteiger partial charge is 0.306 e. The van der Waals surface area contributed by atoms with Gasteiger partial charge in [-0.15, -0.1) is 0 Å². The standard InChI is InChI=1S/C21H23ClN2O4/c1-14-9-10-15(2)18(11-14)24-20(26)13-28-21(27)8-4-7-19(25)23-17-6-3-5-16(22)12-17/h3,5-6,9-12H,4,7-8,13H2,1-2H3,(H,23,25)(H,24,26). The van der Waals surface area contributed by atoms with E-state index in [0.717, 1.165) is 11.1 Å². The Morgan fingerprint density at radius 1 is 0.964 bits per heavy atom. The monoisotopic (exact) mass is 402 g/mol. The third kappa shape index (κ3) is 7.40. The number of nitrogens with one attached hydrogen (secondary N) is 2. The molecule has 0 fully saturated rings. The number of halogens is 1. The Bertz CT molecular complexity index is 867.